The summed E-state index contributed by atoms with van der Waals surface area (Å²) in [6.07, 6.45) is -23.1. The topological polar surface area (TPSA) is 57.5 Å². The molecule has 0 aliphatic rings. The molecule has 0 heterocycles. The first-order valence-electron chi connectivity index (χ1n) is 12.6. The van der Waals surface area contributed by atoms with Gasteiger partial charge in [-0.1, -0.05) is 0 Å². The van der Waals surface area contributed by atoms with Crippen LogP contribution in [0.25, 0.3) is 0 Å². The molecule has 0 saturated heterocycles. The number of hydrogen-bond acceptors (Lipinski definition) is 2. The summed E-state index contributed by atoms with van der Waals surface area (Å²) in [5.74, 6) is -119. The van der Waals surface area contributed by atoms with Gasteiger partial charge in [0.25, 0.3) is 0 Å². The van der Waals surface area contributed by atoms with Crippen molar-refractivity contribution in [3.8, 4) is 0 Å². The lowest BCUT2D eigenvalue weighted by Gasteiger charge is -2.47. The first kappa shape index (κ1) is 53.0. The molecule has 0 spiro atoms. The van der Waals surface area contributed by atoms with Gasteiger partial charge in [0.1, 0.15) is 0 Å². The molecule has 0 aromatic heterocycles. The standard InChI is InChI=1S/C22H11F31O3/c1-4(54)3-6(5(2)7(55)56)8(23,24)10(26,27)13(32,33)15(36,37)17(40,41)19(44,45)20(46,47)18(42,43)16(38,39)14(34,35)11(28,29)9(25,21(48,49)50)12(30,31)22(51,52)53/h4,54H,3H2,1-2H3,(H,55,56). The predicted octanol–water partition coefficient (Wildman–Crippen LogP) is 10.6. The summed E-state index contributed by atoms with van der Waals surface area (Å²) in [6, 6.07) is 0. The molecule has 2 N–H and O–H groups in total. The molecule has 0 radical (unpaired) electrons. The lowest BCUT2D eigenvalue weighted by molar-refractivity contribution is -0.492. The summed E-state index contributed by atoms with van der Waals surface area (Å²) in [4.78, 5) is 10.9. The highest BCUT2D eigenvalue weighted by molar-refractivity contribution is 5.87. The van der Waals surface area contributed by atoms with E-state index in [9.17, 15) is 141 Å². The molecule has 0 aliphatic heterocycles. The normalized spacial score (nSPS) is 18.4. The molecule has 0 rings (SSSR count). The Morgan fingerprint density at radius 3 is 0.839 bits per heavy atom. The molecule has 0 fully saturated rings. The van der Waals surface area contributed by atoms with E-state index in [-0.39, 0.29) is 13.8 Å². The number of hydrogen-bond donors (Lipinski definition) is 2. The maximum absolute atomic E-state index is 14.5. The number of aliphatic hydroxyl groups is 1. The molecule has 2 atom stereocenters. The van der Waals surface area contributed by atoms with Gasteiger partial charge in [0, 0.05) is 17.6 Å². The van der Waals surface area contributed by atoms with Crippen molar-refractivity contribution in [2.45, 2.75) is 115 Å². The quantitative estimate of drug-likeness (QED) is 0.120. The van der Waals surface area contributed by atoms with Crippen molar-refractivity contribution in [2.24, 2.45) is 0 Å². The van der Waals surface area contributed by atoms with Crippen LogP contribution in [0.3, 0.4) is 0 Å². The van der Waals surface area contributed by atoms with Crippen LogP contribution in [0.1, 0.15) is 20.3 Å². The molecule has 0 aliphatic carbocycles. The van der Waals surface area contributed by atoms with E-state index in [4.69, 9.17) is 10.2 Å². The summed E-state index contributed by atoms with van der Waals surface area (Å²) in [5, 5.41) is 17.7. The van der Waals surface area contributed by atoms with Crippen molar-refractivity contribution in [2.75, 3.05) is 0 Å². The van der Waals surface area contributed by atoms with Crippen LogP contribution in [0.4, 0.5) is 136 Å². The Morgan fingerprint density at radius 1 is 0.411 bits per heavy atom. The van der Waals surface area contributed by atoms with Gasteiger partial charge >= 0.3 is 95.1 Å². The third-order valence-corrected chi connectivity index (χ3v) is 7.21. The van der Waals surface area contributed by atoms with Crippen molar-refractivity contribution >= 4 is 5.97 Å². The zero-order valence-corrected chi connectivity index (χ0v) is 25.3. The van der Waals surface area contributed by atoms with Crippen molar-refractivity contribution in [1.82, 2.24) is 0 Å². The second kappa shape index (κ2) is 13.5. The fourth-order valence-electron chi connectivity index (χ4n) is 3.87. The number of rotatable bonds is 16. The molecule has 0 bridgehead atoms. The van der Waals surface area contributed by atoms with Gasteiger partial charge < -0.3 is 10.2 Å². The Balaban J connectivity index is 8.04. The maximum Gasteiger partial charge on any atom is 0.457 e. The van der Waals surface area contributed by atoms with E-state index in [0.717, 1.165) is 0 Å². The van der Waals surface area contributed by atoms with Gasteiger partial charge in [0.05, 0.1) is 6.10 Å². The first-order valence-corrected chi connectivity index (χ1v) is 12.6. The number of aliphatic carboxylic acids is 1. The highest BCUT2D eigenvalue weighted by Gasteiger charge is 3.02. The van der Waals surface area contributed by atoms with E-state index in [0.29, 0.717) is 0 Å². The monoisotopic (exact) mass is 912 g/mol. The molecule has 0 saturated carbocycles. The average molecular weight is 912 g/mol. The average Bonchev–Trinajstić information content (AvgIpc) is 2.96. The highest BCUT2D eigenvalue weighted by Crippen LogP contribution is 2.70. The smallest absolute Gasteiger partial charge is 0.457 e. The molecule has 2 unspecified atom stereocenters. The van der Waals surface area contributed by atoms with E-state index >= 15 is 0 Å². The van der Waals surface area contributed by atoms with E-state index in [1.54, 1.807) is 0 Å². The lowest BCUT2D eigenvalue weighted by Crippen LogP contribution is -2.81. The summed E-state index contributed by atoms with van der Waals surface area (Å²) < 4.78 is 427. The van der Waals surface area contributed by atoms with E-state index in [1.165, 1.54) is 0 Å². The molecule has 334 valence electrons. The number of alkyl halides is 31. The summed E-state index contributed by atoms with van der Waals surface area (Å²) in [5.41, 5.74) is -15.6. The fraction of sp³-hybridized carbons (Fsp3) is 0.864. The number of carboxylic acids is 1. The van der Waals surface area contributed by atoms with Gasteiger partial charge in [0.15, 0.2) is 0 Å². The van der Waals surface area contributed by atoms with Gasteiger partial charge in [-0.15, -0.1) is 0 Å². The molecule has 0 amide bonds. The minimum Gasteiger partial charge on any atom is -0.478 e. The molecule has 3 nitrogen and oxygen atoms in total. The Labute approximate surface area is 285 Å². The Kier molecular flexibility index (Phi) is 12.8. The molecule has 0 aromatic carbocycles. The van der Waals surface area contributed by atoms with Crippen LogP contribution in [0, 0.1) is 0 Å². The summed E-state index contributed by atoms with van der Waals surface area (Å²) >= 11 is 0. The van der Waals surface area contributed by atoms with Gasteiger partial charge in [-0.3, -0.25) is 0 Å². The third-order valence-electron chi connectivity index (χ3n) is 7.21. The number of aliphatic hydroxyl groups excluding tert-OH is 1. The van der Waals surface area contributed by atoms with Crippen molar-refractivity contribution < 1.29 is 151 Å². The SMILES string of the molecule is CC(C(=O)O)=C(CC(C)O)C(F)(F)C(F)(F)C(F)(F)C(F)(F)C(F)(F)C(F)(F)C(F)(F)C(F)(F)C(F)(F)C(F)(F)C(F)(F)C(F)(C(F)(F)F)C(F)(F)C(F)(F)F. The zero-order chi connectivity index (χ0) is 46.5. The summed E-state index contributed by atoms with van der Waals surface area (Å²) in [7, 11) is 0. The molecule has 34 heteroatoms. The molecular weight excluding hydrogens is 901 g/mol. The van der Waals surface area contributed by atoms with Crippen molar-refractivity contribution in [3.63, 3.8) is 0 Å². The van der Waals surface area contributed by atoms with Gasteiger partial charge in [-0.2, -0.15) is 132 Å². The van der Waals surface area contributed by atoms with Crippen molar-refractivity contribution in [1.29, 1.82) is 0 Å². The minimum atomic E-state index is -10.2. The maximum atomic E-state index is 14.5. The Bertz CT molecular complexity index is 1500. The van der Waals surface area contributed by atoms with Crippen LogP contribution in [-0.2, 0) is 4.79 Å². The number of carboxylic acid groups (broad SMARTS) is 1. The Hall–Kier alpha value is -3.00. The van der Waals surface area contributed by atoms with Crippen molar-refractivity contribution in [3.05, 3.63) is 11.1 Å². The van der Waals surface area contributed by atoms with E-state index < -0.39 is 119 Å². The zero-order valence-electron chi connectivity index (χ0n) is 25.3. The fourth-order valence-corrected chi connectivity index (χ4v) is 3.87. The van der Waals surface area contributed by atoms with Gasteiger partial charge in [-0.25, -0.2) is 9.18 Å². The first-order chi connectivity index (χ1) is 23.7. The van der Waals surface area contributed by atoms with Gasteiger partial charge in [0.2, 0.25) is 0 Å². The van der Waals surface area contributed by atoms with Crippen LogP contribution in [0.15, 0.2) is 11.1 Å². The largest absolute Gasteiger partial charge is 0.478 e. The van der Waals surface area contributed by atoms with Crippen LogP contribution in [0.5, 0.6) is 0 Å². The molecular formula is C22H11F31O3. The van der Waals surface area contributed by atoms with Crippen LogP contribution < -0.4 is 0 Å². The predicted molar refractivity (Wildman–Crippen MR) is 112 cm³/mol. The highest BCUT2D eigenvalue weighted by atomic mass is 19.4. The number of carbonyl (C=O) groups is 1. The second-order valence-corrected chi connectivity index (χ2v) is 11.0. The summed E-state index contributed by atoms with van der Waals surface area (Å²) in [6.45, 7) is -0.197. The second-order valence-electron chi connectivity index (χ2n) is 11.0. The Morgan fingerprint density at radius 2 is 0.643 bits per heavy atom. The molecule has 56 heavy (non-hydrogen) atoms. The van der Waals surface area contributed by atoms with E-state index in [2.05, 4.69) is 0 Å². The lowest BCUT2D eigenvalue weighted by atomic mass is 9.79. The van der Waals surface area contributed by atoms with Gasteiger partial charge in [-0.05, 0) is 13.8 Å². The van der Waals surface area contributed by atoms with Crippen LogP contribution >= 0.6 is 0 Å². The number of halogens is 31. The third kappa shape index (κ3) is 6.41. The van der Waals surface area contributed by atoms with E-state index in [1.807, 2.05) is 0 Å². The molecule has 0 aromatic rings. The minimum absolute atomic E-state index is 0.154. The van der Waals surface area contributed by atoms with Crippen LogP contribution in [-0.4, -0.2) is 111 Å². The van der Waals surface area contributed by atoms with Crippen LogP contribution in [0.2, 0.25) is 0 Å².